The number of aliphatic hydroxyl groups excluding tert-OH is 1. The number of hydroxylamine groups is 2. The van der Waals surface area contributed by atoms with Crippen molar-refractivity contribution in [3.8, 4) is 11.1 Å². The molecule has 0 radical (unpaired) electrons. The van der Waals surface area contributed by atoms with Crippen LogP contribution in [0, 0.1) is 5.82 Å². The van der Waals surface area contributed by atoms with E-state index in [0.717, 1.165) is 11.1 Å². The molecule has 0 saturated heterocycles. The Morgan fingerprint density at radius 2 is 1.58 bits per heavy atom. The van der Waals surface area contributed by atoms with Crippen LogP contribution in [0.3, 0.4) is 0 Å². The van der Waals surface area contributed by atoms with Crippen LogP contribution in [0.2, 0.25) is 0 Å². The highest BCUT2D eigenvalue weighted by atomic mass is 32.2. The fraction of sp³-hybridized carbons (Fsp3) is 0.278. The van der Waals surface area contributed by atoms with E-state index in [1.807, 2.05) is 0 Å². The van der Waals surface area contributed by atoms with E-state index in [-0.39, 0.29) is 36.6 Å². The monoisotopic (exact) mass is 381 g/mol. The minimum atomic E-state index is -3.75. The summed E-state index contributed by atoms with van der Waals surface area (Å²) in [6.07, 6.45) is 0.558. The maximum absolute atomic E-state index is 13.0. The lowest BCUT2D eigenvalue weighted by Crippen LogP contribution is -2.37. The number of aliphatic hydroxyl groups is 1. The Hall–Kier alpha value is -2.29. The molecule has 0 heterocycles. The van der Waals surface area contributed by atoms with Crippen molar-refractivity contribution in [2.75, 3.05) is 12.4 Å². The van der Waals surface area contributed by atoms with Crippen molar-refractivity contribution >= 4 is 16.2 Å². The quantitative estimate of drug-likeness (QED) is 0.395. The summed E-state index contributed by atoms with van der Waals surface area (Å²) in [6.45, 7) is -0.171. The van der Waals surface area contributed by atoms with Crippen LogP contribution in [-0.4, -0.2) is 48.6 Å². The van der Waals surface area contributed by atoms with Crippen molar-refractivity contribution in [1.82, 2.24) is 5.06 Å². The number of carbonyl (C=O) groups excluding carboxylic acids is 1. The van der Waals surface area contributed by atoms with Crippen LogP contribution in [0.4, 0.5) is 4.39 Å². The number of hydrogen-bond donors (Lipinski definition) is 2. The molecule has 2 N–H and O–H groups in total. The van der Waals surface area contributed by atoms with E-state index in [0.29, 0.717) is 5.06 Å². The summed E-state index contributed by atoms with van der Waals surface area (Å²) in [6, 6.07) is 11.0. The molecule has 0 aliphatic heterocycles. The van der Waals surface area contributed by atoms with Gasteiger partial charge in [0.1, 0.15) is 5.82 Å². The van der Waals surface area contributed by atoms with E-state index >= 15 is 0 Å². The lowest BCUT2D eigenvalue weighted by atomic mass is 10.1. The first kappa shape index (κ1) is 20.0. The van der Waals surface area contributed by atoms with Crippen LogP contribution in [0.25, 0.3) is 11.1 Å². The summed E-state index contributed by atoms with van der Waals surface area (Å²) in [5.41, 5.74) is 1.48. The van der Waals surface area contributed by atoms with Crippen LogP contribution in [-0.2, 0) is 14.6 Å². The van der Waals surface area contributed by atoms with Crippen LogP contribution < -0.4 is 0 Å². The first-order valence-corrected chi connectivity index (χ1v) is 9.64. The molecule has 0 spiro atoms. The van der Waals surface area contributed by atoms with Gasteiger partial charge in [-0.3, -0.25) is 10.0 Å². The standard InChI is InChI=1S/C18H20FNO5S/c19-16-7-3-14(4-8-16)15-5-9-18(10-6-15)26(24,25)12-17(2-1-11-21)20(23)13-22/h3-10,13,17,21,23H,1-2,11-12H2. The first-order valence-electron chi connectivity index (χ1n) is 7.99. The summed E-state index contributed by atoms with van der Waals surface area (Å²) in [5, 5.41) is 18.8. The molecule has 26 heavy (non-hydrogen) atoms. The molecule has 0 saturated carbocycles. The van der Waals surface area contributed by atoms with E-state index in [1.54, 1.807) is 24.3 Å². The zero-order chi connectivity index (χ0) is 19.2. The second-order valence-electron chi connectivity index (χ2n) is 5.82. The minimum Gasteiger partial charge on any atom is -0.396 e. The summed E-state index contributed by atoms with van der Waals surface area (Å²) in [4.78, 5) is 10.8. The smallest absolute Gasteiger partial charge is 0.233 e. The molecule has 0 aliphatic rings. The number of benzene rings is 2. The van der Waals surface area contributed by atoms with Crippen LogP contribution >= 0.6 is 0 Å². The molecule has 0 fully saturated rings. The van der Waals surface area contributed by atoms with Crippen molar-refractivity contribution < 1.29 is 27.9 Å². The molecular formula is C18H20FNO5S. The maximum Gasteiger partial charge on any atom is 0.233 e. The maximum atomic E-state index is 13.0. The summed E-state index contributed by atoms with van der Waals surface area (Å²) in [7, 11) is -3.75. The lowest BCUT2D eigenvalue weighted by molar-refractivity contribution is -0.158. The minimum absolute atomic E-state index is 0.0525. The van der Waals surface area contributed by atoms with E-state index in [4.69, 9.17) is 5.11 Å². The van der Waals surface area contributed by atoms with Crippen LogP contribution in [0.5, 0.6) is 0 Å². The van der Waals surface area contributed by atoms with Gasteiger partial charge in [0, 0.05) is 6.61 Å². The van der Waals surface area contributed by atoms with Crippen molar-refractivity contribution in [3.05, 3.63) is 54.3 Å². The Morgan fingerprint density at radius 3 is 2.08 bits per heavy atom. The average molecular weight is 381 g/mol. The fourth-order valence-electron chi connectivity index (χ4n) is 2.55. The van der Waals surface area contributed by atoms with E-state index in [1.165, 1.54) is 24.3 Å². The summed E-state index contributed by atoms with van der Waals surface area (Å²) in [5.74, 6) is -0.816. The number of amides is 1. The number of hydrogen-bond acceptors (Lipinski definition) is 5. The highest BCUT2D eigenvalue weighted by molar-refractivity contribution is 7.91. The largest absolute Gasteiger partial charge is 0.396 e. The highest BCUT2D eigenvalue weighted by Crippen LogP contribution is 2.23. The molecule has 2 aromatic rings. The molecule has 0 bridgehead atoms. The second-order valence-corrected chi connectivity index (χ2v) is 7.85. The third kappa shape index (κ3) is 5.10. The van der Waals surface area contributed by atoms with Gasteiger partial charge in [-0.2, -0.15) is 0 Å². The third-order valence-electron chi connectivity index (χ3n) is 3.98. The first-order chi connectivity index (χ1) is 12.4. The zero-order valence-corrected chi connectivity index (χ0v) is 14.8. The Kier molecular flexibility index (Phi) is 6.84. The lowest BCUT2D eigenvalue weighted by Gasteiger charge is -2.22. The fourth-order valence-corrected chi connectivity index (χ4v) is 4.12. The number of rotatable bonds is 9. The van der Waals surface area contributed by atoms with Gasteiger partial charge in [-0.05, 0) is 48.2 Å². The van der Waals surface area contributed by atoms with E-state index in [2.05, 4.69) is 0 Å². The van der Waals surface area contributed by atoms with Crippen molar-refractivity contribution in [3.63, 3.8) is 0 Å². The molecule has 8 heteroatoms. The number of sulfone groups is 1. The topological polar surface area (TPSA) is 94.9 Å². The molecule has 1 amide bonds. The number of nitrogens with zero attached hydrogens (tertiary/aromatic N) is 1. The van der Waals surface area contributed by atoms with Gasteiger partial charge in [0.05, 0.1) is 16.7 Å². The molecule has 0 aliphatic carbocycles. The summed E-state index contributed by atoms with van der Waals surface area (Å²) >= 11 is 0. The molecule has 1 atom stereocenters. The second kappa shape index (κ2) is 8.88. The van der Waals surface area contributed by atoms with Crippen molar-refractivity contribution in [1.29, 1.82) is 0 Å². The van der Waals surface area contributed by atoms with E-state index in [9.17, 15) is 22.8 Å². The normalized spacial score (nSPS) is 12.6. The molecule has 0 aromatic heterocycles. The summed E-state index contributed by atoms with van der Waals surface area (Å²) < 4.78 is 38.1. The van der Waals surface area contributed by atoms with Crippen molar-refractivity contribution in [2.45, 2.75) is 23.8 Å². The Balaban J connectivity index is 2.19. The molecule has 1 unspecified atom stereocenters. The van der Waals surface area contributed by atoms with Gasteiger partial charge in [-0.1, -0.05) is 24.3 Å². The molecule has 140 valence electrons. The highest BCUT2D eigenvalue weighted by Gasteiger charge is 2.25. The molecule has 2 rings (SSSR count). The van der Waals surface area contributed by atoms with Gasteiger partial charge in [-0.15, -0.1) is 0 Å². The predicted molar refractivity (Wildman–Crippen MR) is 93.7 cm³/mol. The molecular weight excluding hydrogens is 361 g/mol. The van der Waals surface area contributed by atoms with Gasteiger partial charge in [0.25, 0.3) is 0 Å². The SMILES string of the molecule is O=CN(O)C(CCCO)CS(=O)(=O)c1ccc(-c2ccc(F)cc2)cc1. The Bertz CT molecular complexity index is 822. The molecule has 6 nitrogen and oxygen atoms in total. The van der Waals surface area contributed by atoms with Gasteiger partial charge in [-0.25, -0.2) is 17.9 Å². The zero-order valence-electron chi connectivity index (χ0n) is 14.0. The van der Waals surface area contributed by atoms with Gasteiger partial charge < -0.3 is 5.11 Å². The molecule has 2 aromatic carbocycles. The van der Waals surface area contributed by atoms with Crippen molar-refractivity contribution in [2.24, 2.45) is 0 Å². The van der Waals surface area contributed by atoms with Crippen LogP contribution in [0.1, 0.15) is 12.8 Å². The Morgan fingerprint density at radius 1 is 1.04 bits per heavy atom. The van der Waals surface area contributed by atoms with Gasteiger partial charge in [0.2, 0.25) is 6.41 Å². The van der Waals surface area contributed by atoms with Gasteiger partial charge in [0.15, 0.2) is 9.84 Å². The van der Waals surface area contributed by atoms with Crippen LogP contribution in [0.15, 0.2) is 53.4 Å². The van der Waals surface area contributed by atoms with E-state index < -0.39 is 21.6 Å². The number of carbonyl (C=O) groups is 1. The number of halogens is 1. The van der Waals surface area contributed by atoms with Gasteiger partial charge >= 0.3 is 0 Å². The Labute approximate surface area is 151 Å². The average Bonchev–Trinajstić information content (AvgIpc) is 2.65. The third-order valence-corrected chi connectivity index (χ3v) is 5.79. The predicted octanol–water partition coefficient (Wildman–Crippen LogP) is 2.26.